The van der Waals surface area contributed by atoms with Gasteiger partial charge in [-0.15, -0.1) is 0 Å². The number of Topliss-reactive ketones (excluding diaryl/α,β-unsaturated/α-hetero) is 1. The summed E-state index contributed by atoms with van der Waals surface area (Å²) >= 11 is 0. The molecule has 3 heterocycles. The number of hydrogen-bond donors (Lipinski definition) is 0. The van der Waals surface area contributed by atoms with E-state index in [1.54, 1.807) is 0 Å². The lowest BCUT2D eigenvalue weighted by Gasteiger charge is -2.40. The lowest BCUT2D eigenvalue weighted by Crippen LogP contribution is -2.52. The van der Waals surface area contributed by atoms with E-state index >= 15 is 0 Å². The third-order valence-corrected chi connectivity index (χ3v) is 5.21. The minimum Gasteiger partial charge on any atom is -0.484 e. The summed E-state index contributed by atoms with van der Waals surface area (Å²) in [6, 6.07) is 7.55. The van der Waals surface area contributed by atoms with Crippen molar-refractivity contribution in [2.24, 2.45) is 0 Å². The predicted molar refractivity (Wildman–Crippen MR) is 78.9 cm³/mol. The third-order valence-electron chi connectivity index (χ3n) is 5.21. The van der Waals surface area contributed by atoms with Crippen LogP contribution in [0, 0.1) is 0 Å². The molecule has 1 spiro atoms. The van der Waals surface area contributed by atoms with Crippen molar-refractivity contribution in [3.63, 3.8) is 0 Å². The molecule has 2 bridgehead atoms. The highest BCUT2D eigenvalue weighted by Crippen LogP contribution is 2.51. The van der Waals surface area contributed by atoms with Gasteiger partial charge >= 0.3 is 0 Å². The van der Waals surface area contributed by atoms with E-state index in [0.29, 0.717) is 17.7 Å². The molecule has 5 heteroatoms. The van der Waals surface area contributed by atoms with Crippen molar-refractivity contribution in [2.45, 2.75) is 43.4 Å². The first kappa shape index (κ1) is 13.8. The van der Waals surface area contributed by atoms with Crippen LogP contribution in [0.5, 0.6) is 5.75 Å². The minimum atomic E-state index is -0.544. The van der Waals surface area contributed by atoms with Crippen molar-refractivity contribution in [2.75, 3.05) is 13.7 Å². The van der Waals surface area contributed by atoms with Gasteiger partial charge in [0.2, 0.25) is 5.91 Å². The fraction of sp³-hybridized carbons (Fsp3) is 0.529. The van der Waals surface area contributed by atoms with E-state index in [2.05, 4.69) is 0 Å². The van der Waals surface area contributed by atoms with Crippen molar-refractivity contribution in [3.8, 4) is 5.75 Å². The number of rotatable bonds is 2. The van der Waals surface area contributed by atoms with Gasteiger partial charge in [0.15, 0.2) is 5.78 Å². The van der Waals surface area contributed by atoms with Gasteiger partial charge in [0.25, 0.3) is 0 Å². The van der Waals surface area contributed by atoms with Gasteiger partial charge in [-0.1, -0.05) is 12.1 Å². The molecule has 22 heavy (non-hydrogen) atoms. The van der Waals surface area contributed by atoms with Crippen molar-refractivity contribution in [1.29, 1.82) is 0 Å². The minimum absolute atomic E-state index is 0.00165. The molecule has 0 saturated carbocycles. The Morgan fingerprint density at radius 2 is 2.23 bits per heavy atom. The van der Waals surface area contributed by atoms with Crippen LogP contribution in [-0.2, 0) is 9.53 Å². The SMILES string of the molecule is COCC(=O)N1[C@H]2CC[C@@H]1[C@]1(CC(=O)c3ccccc3O1)C2. The highest BCUT2D eigenvalue weighted by molar-refractivity contribution is 6.00. The Balaban J connectivity index is 1.67. The molecule has 3 atom stereocenters. The van der Waals surface area contributed by atoms with E-state index in [1.807, 2.05) is 29.2 Å². The molecule has 0 unspecified atom stereocenters. The molecule has 1 aromatic carbocycles. The Bertz CT molecular complexity index is 643. The number of amides is 1. The maximum absolute atomic E-state index is 12.5. The van der Waals surface area contributed by atoms with Gasteiger partial charge in [-0.25, -0.2) is 0 Å². The molecule has 0 radical (unpaired) electrons. The predicted octanol–water partition coefficient (Wildman–Crippen LogP) is 1.80. The lowest BCUT2D eigenvalue weighted by molar-refractivity contribution is -0.137. The number of ketones is 1. The second-order valence-electron chi connectivity index (χ2n) is 6.45. The quantitative estimate of drug-likeness (QED) is 0.836. The molecule has 3 aliphatic heterocycles. The summed E-state index contributed by atoms with van der Waals surface area (Å²) in [4.78, 5) is 26.7. The normalized spacial score (nSPS) is 32.2. The zero-order valence-corrected chi connectivity index (χ0v) is 12.6. The fourth-order valence-electron chi connectivity index (χ4n) is 4.42. The average molecular weight is 301 g/mol. The molecule has 1 amide bonds. The number of fused-ring (bicyclic) bond motifs is 4. The number of carbonyl (C=O) groups is 2. The van der Waals surface area contributed by atoms with E-state index in [-0.39, 0.29) is 30.4 Å². The van der Waals surface area contributed by atoms with Crippen LogP contribution in [0.15, 0.2) is 24.3 Å². The number of benzene rings is 1. The summed E-state index contributed by atoms with van der Waals surface area (Å²) in [7, 11) is 1.53. The molecule has 0 aliphatic carbocycles. The number of nitrogens with zero attached hydrogens (tertiary/aromatic N) is 1. The zero-order valence-electron chi connectivity index (χ0n) is 12.6. The number of para-hydroxylation sites is 1. The molecule has 4 rings (SSSR count). The number of carbonyl (C=O) groups excluding carboxylic acids is 2. The van der Waals surface area contributed by atoms with Crippen LogP contribution in [0.2, 0.25) is 0 Å². The zero-order chi connectivity index (χ0) is 15.3. The van der Waals surface area contributed by atoms with Gasteiger partial charge in [0.1, 0.15) is 18.0 Å². The Labute approximate surface area is 129 Å². The number of ether oxygens (including phenoxy) is 2. The summed E-state index contributed by atoms with van der Waals surface area (Å²) in [5.41, 5.74) is 0.114. The molecular formula is C17H19NO4. The van der Waals surface area contributed by atoms with Crippen LogP contribution < -0.4 is 4.74 Å². The van der Waals surface area contributed by atoms with Crippen LogP contribution in [0.1, 0.15) is 36.0 Å². The van der Waals surface area contributed by atoms with E-state index in [9.17, 15) is 9.59 Å². The molecule has 0 aromatic heterocycles. The molecule has 116 valence electrons. The summed E-state index contributed by atoms with van der Waals surface area (Å²) in [5.74, 6) is 0.778. The highest BCUT2D eigenvalue weighted by atomic mass is 16.5. The Kier molecular flexibility index (Phi) is 3.01. The van der Waals surface area contributed by atoms with E-state index in [0.717, 1.165) is 19.3 Å². The van der Waals surface area contributed by atoms with Crippen LogP contribution in [0.4, 0.5) is 0 Å². The van der Waals surface area contributed by atoms with E-state index in [4.69, 9.17) is 9.47 Å². The summed E-state index contributed by atoms with van der Waals surface area (Å²) in [6.07, 6.45) is 2.99. The van der Waals surface area contributed by atoms with Crippen LogP contribution in [-0.4, -0.2) is 48.0 Å². The summed E-state index contributed by atoms with van der Waals surface area (Å²) in [5, 5.41) is 0. The van der Waals surface area contributed by atoms with Crippen molar-refractivity contribution in [1.82, 2.24) is 4.90 Å². The summed E-state index contributed by atoms with van der Waals surface area (Å²) < 4.78 is 11.3. The Morgan fingerprint density at radius 1 is 1.41 bits per heavy atom. The third kappa shape index (κ3) is 1.81. The standard InChI is InChI=1S/C17H19NO4/c1-21-10-16(20)18-11-6-7-15(18)17(8-11)9-13(19)12-4-2-3-5-14(12)22-17/h2-5,11,15H,6-10H2,1H3/t11-,15+,17+/m0/s1. The maximum atomic E-state index is 12.5. The van der Waals surface area contributed by atoms with E-state index < -0.39 is 5.60 Å². The second-order valence-corrected chi connectivity index (χ2v) is 6.45. The number of methoxy groups -OCH3 is 1. The van der Waals surface area contributed by atoms with Gasteiger partial charge in [-0.3, -0.25) is 9.59 Å². The van der Waals surface area contributed by atoms with Crippen LogP contribution in [0.3, 0.4) is 0 Å². The first-order valence-corrected chi connectivity index (χ1v) is 7.76. The Hall–Kier alpha value is -1.88. The lowest BCUT2D eigenvalue weighted by atomic mass is 9.78. The molecule has 0 N–H and O–H groups in total. The first-order chi connectivity index (χ1) is 10.6. The van der Waals surface area contributed by atoms with Gasteiger partial charge < -0.3 is 14.4 Å². The molecule has 2 fully saturated rings. The van der Waals surface area contributed by atoms with Crippen molar-refractivity contribution < 1.29 is 19.1 Å². The largest absolute Gasteiger partial charge is 0.484 e. The molecule has 1 aromatic rings. The summed E-state index contributed by atoms with van der Waals surface area (Å²) in [6.45, 7) is 0.0909. The van der Waals surface area contributed by atoms with Gasteiger partial charge in [-0.05, 0) is 25.0 Å². The second kappa shape index (κ2) is 4.81. The van der Waals surface area contributed by atoms with E-state index in [1.165, 1.54) is 7.11 Å². The smallest absolute Gasteiger partial charge is 0.249 e. The molecule has 2 saturated heterocycles. The fourth-order valence-corrected chi connectivity index (χ4v) is 4.42. The van der Waals surface area contributed by atoms with Gasteiger partial charge in [-0.2, -0.15) is 0 Å². The first-order valence-electron chi connectivity index (χ1n) is 7.76. The van der Waals surface area contributed by atoms with Crippen LogP contribution >= 0.6 is 0 Å². The van der Waals surface area contributed by atoms with Gasteiger partial charge in [0.05, 0.1) is 18.0 Å². The maximum Gasteiger partial charge on any atom is 0.249 e. The molecule has 5 nitrogen and oxygen atoms in total. The van der Waals surface area contributed by atoms with Gasteiger partial charge in [0, 0.05) is 19.6 Å². The van der Waals surface area contributed by atoms with Crippen molar-refractivity contribution >= 4 is 11.7 Å². The topological polar surface area (TPSA) is 55.8 Å². The monoisotopic (exact) mass is 301 g/mol. The Morgan fingerprint density at radius 3 is 3.05 bits per heavy atom. The van der Waals surface area contributed by atoms with Crippen molar-refractivity contribution in [3.05, 3.63) is 29.8 Å². The number of hydrogen-bond acceptors (Lipinski definition) is 4. The highest BCUT2D eigenvalue weighted by Gasteiger charge is 2.61. The molecular weight excluding hydrogens is 282 g/mol. The van der Waals surface area contributed by atoms with Crippen LogP contribution in [0.25, 0.3) is 0 Å². The average Bonchev–Trinajstić information content (AvgIpc) is 3.03. The molecule has 3 aliphatic rings.